The smallest absolute Gasteiger partial charge is 0.128 e. The molecule has 2 heterocycles. The van der Waals surface area contributed by atoms with Gasteiger partial charge in [0.15, 0.2) is 0 Å². The molecule has 1 saturated heterocycles. The first-order valence-corrected chi connectivity index (χ1v) is 7.85. The first-order chi connectivity index (χ1) is 9.70. The Morgan fingerprint density at radius 2 is 2.00 bits per heavy atom. The van der Waals surface area contributed by atoms with Crippen LogP contribution in [-0.2, 0) is 0 Å². The Bertz CT molecular complexity index is 382. The molecule has 112 valence electrons. The maximum atomic E-state index is 5.80. The molecular formula is C16H28N4. The molecule has 2 rings (SSSR count). The SMILES string of the molecule is CC(C)C(CN)CNc1ccc(N2CCCCC2)nc1. The Morgan fingerprint density at radius 1 is 1.25 bits per heavy atom. The van der Waals surface area contributed by atoms with Gasteiger partial charge in [-0.15, -0.1) is 0 Å². The summed E-state index contributed by atoms with van der Waals surface area (Å²) in [7, 11) is 0. The number of aromatic nitrogens is 1. The number of nitrogens with two attached hydrogens (primary N) is 1. The maximum Gasteiger partial charge on any atom is 0.128 e. The van der Waals surface area contributed by atoms with Crippen molar-refractivity contribution in [1.82, 2.24) is 4.98 Å². The molecule has 0 spiro atoms. The molecule has 4 nitrogen and oxygen atoms in total. The Labute approximate surface area is 122 Å². The Hall–Kier alpha value is -1.29. The summed E-state index contributed by atoms with van der Waals surface area (Å²) in [5, 5.41) is 3.45. The summed E-state index contributed by atoms with van der Waals surface area (Å²) < 4.78 is 0. The van der Waals surface area contributed by atoms with E-state index in [2.05, 4.69) is 41.2 Å². The van der Waals surface area contributed by atoms with Gasteiger partial charge in [-0.3, -0.25) is 0 Å². The van der Waals surface area contributed by atoms with Gasteiger partial charge >= 0.3 is 0 Å². The van der Waals surface area contributed by atoms with Crippen molar-refractivity contribution in [1.29, 1.82) is 0 Å². The molecule has 0 aromatic carbocycles. The van der Waals surface area contributed by atoms with Gasteiger partial charge in [0.2, 0.25) is 0 Å². The van der Waals surface area contributed by atoms with Crippen molar-refractivity contribution in [2.45, 2.75) is 33.1 Å². The van der Waals surface area contributed by atoms with Crippen molar-refractivity contribution in [2.24, 2.45) is 17.6 Å². The molecule has 0 amide bonds. The zero-order valence-corrected chi connectivity index (χ0v) is 12.8. The molecule has 4 heteroatoms. The van der Waals surface area contributed by atoms with E-state index in [0.29, 0.717) is 11.8 Å². The van der Waals surface area contributed by atoms with Crippen molar-refractivity contribution in [3.05, 3.63) is 18.3 Å². The largest absolute Gasteiger partial charge is 0.383 e. The lowest BCUT2D eigenvalue weighted by molar-refractivity contribution is 0.413. The second-order valence-corrected chi connectivity index (χ2v) is 6.07. The molecule has 20 heavy (non-hydrogen) atoms. The third-order valence-corrected chi connectivity index (χ3v) is 4.24. The van der Waals surface area contributed by atoms with Gasteiger partial charge in [0.1, 0.15) is 5.82 Å². The van der Waals surface area contributed by atoms with Crippen LogP contribution in [0.25, 0.3) is 0 Å². The van der Waals surface area contributed by atoms with Crippen molar-refractivity contribution in [3.8, 4) is 0 Å². The molecule has 1 aliphatic heterocycles. The van der Waals surface area contributed by atoms with Crippen LogP contribution in [0.3, 0.4) is 0 Å². The maximum absolute atomic E-state index is 5.80. The third kappa shape index (κ3) is 4.10. The predicted octanol–water partition coefficient (Wildman–Crippen LogP) is 2.71. The lowest BCUT2D eigenvalue weighted by Crippen LogP contribution is -2.30. The average Bonchev–Trinajstić information content (AvgIpc) is 2.49. The van der Waals surface area contributed by atoms with E-state index < -0.39 is 0 Å². The standard InChI is InChI=1S/C16H28N4/c1-13(2)14(10-17)11-18-15-6-7-16(19-12-15)20-8-4-3-5-9-20/h6-7,12-14,18H,3-5,8-11,17H2,1-2H3. The number of piperidine rings is 1. The van der Waals surface area contributed by atoms with E-state index >= 15 is 0 Å². The van der Waals surface area contributed by atoms with E-state index in [0.717, 1.165) is 37.7 Å². The molecular weight excluding hydrogens is 248 g/mol. The van der Waals surface area contributed by atoms with E-state index in [4.69, 9.17) is 5.73 Å². The summed E-state index contributed by atoms with van der Waals surface area (Å²) in [6.45, 7) is 8.36. The molecule has 1 unspecified atom stereocenters. The Kier molecular flexibility index (Phi) is 5.65. The summed E-state index contributed by atoms with van der Waals surface area (Å²) in [5.74, 6) is 2.22. The quantitative estimate of drug-likeness (QED) is 0.839. The second-order valence-electron chi connectivity index (χ2n) is 6.07. The number of pyridine rings is 1. The number of hydrogen-bond acceptors (Lipinski definition) is 4. The van der Waals surface area contributed by atoms with E-state index in [1.807, 2.05) is 6.20 Å². The van der Waals surface area contributed by atoms with Gasteiger partial charge in [-0.25, -0.2) is 4.98 Å². The summed E-state index contributed by atoms with van der Waals surface area (Å²) in [6.07, 6.45) is 5.87. The first-order valence-electron chi connectivity index (χ1n) is 7.85. The summed E-state index contributed by atoms with van der Waals surface area (Å²) in [4.78, 5) is 6.96. The van der Waals surface area contributed by atoms with E-state index in [1.165, 1.54) is 19.3 Å². The number of hydrogen-bond donors (Lipinski definition) is 2. The van der Waals surface area contributed by atoms with Crippen molar-refractivity contribution in [3.63, 3.8) is 0 Å². The lowest BCUT2D eigenvalue weighted by atomic mass is 9.96. The summed E-state index contributed by atoms with van der Waals surface area (Å²) >= 11 is 0. The molecule has 1 aromatic rings. The van der Waals surface area contributed by atoms with Crippen LogP contribution < -0.4 is 16.0 Å². The van der Waals surface area contributed by atoms with Crippen molar-refractivity contribution < 1.29 is 0 Å². The van der Waals surface area contributed by atoms with Crippen LogP contribution >= 0.6 is 0 Å². The van der Waals surface area contributed by atoms with Crippen LogP contribution in [0, 0.1) is 11.8 Å². The van der Waals surface area contributed by atoms with Gasteiger partial charge in [0.25, 0.3) is 0 Å². The predicted molar refractivity (Wildman–Crippen MR) is 86.2 cm³/mol. The highest BCUT2D eigenvalue weighted by molar-refractivity contribution is 5.48. The molecule has 0 aliphatic carbocycles. The van der Waals surface area contributed by atoms with Gasteiger partial charge in [0.05, 0.1) is 11.9 Å². The minimum Gasteiger partial charge on any atom is -0.383 e. The fraction of sp³-hybridized carbons (Fsp3) is 0.688. The van der Waals surface area contributed by atoms with Crippen LogP contribution in [-0.4, -0.2) is 31.2 Å². The zero-order chi connectivity index (χ0) is 14.4. The van der Waals surface area contributed by atoms with Gasteiger partial charge in [-0.05, 0) is 49.8 Å². The van der Waals surface area contributed by atoms with Crippen molar-refractivity contribution in [2.75, 3.05) is 36.4 Å². The van der Waals surface area contributed by atoms with Gasteiger partial charge in [-0.1, -0.05) is 13.8 Å². The zero-order valence-electron chi connectivity index (χ0n) is 12.8. The fourth-order valence-electron chi connectivity index (χ4n) is 2.64. The minimum atomic E-state index is 0.511. The van der Waals surface area contributed by atoms with Crippen molar-refractivity contribution >= 4 is 11.5 Å². The molecule has 0 saturated carbocycles. The lowest BCUT2D eigenvalue weighted by Gasteiger charge is -2.27. The summed E-state index contributed by atoms with van der Waals surface area (Å²) in [6, 6.07) is 4.26. The fourth-order valence-corrected chi connectivity index (χ4v) is 2.64. The minimum absolute atomic E-state index is 0.511. The number of rotatable bonds is 6. The highest BCUT2D eigenvalue weighted by Crippen LogP contribution is 2.19. The van der Waals surface area contributed by atoms with Gasteiger partial charge < -0.3 is 16.0 Å². The van der Waals surface area contributed by atoms with Crippen LogP contribution in [0.4, 0.5) is 11.5 Å². The normalized spacial score (nSPS) is 17.3. The third-order valence-electron chi connectivity index (χ3n) is 4.24. The molecule has 0 bridgehead atoms. The molecule has 3 N–H and O–H groups in total. The van der Waals surface area contributed by atoms with E-state index in [-0.39, 0.29) is 0 Å². The topological polar surface area (TPSA) is 54.2 Å². The number of anilines is 2. The molecule has 1 aromatic heterocycles. The van der Waals surface area contributed by atoms with Gasteiger partial charge in [-0.2, -0.15) is 0 Å². The second kappa shape index (κ2) is 7.48. The van der Waals surface area contributed by atoms with E-state index in [9.17, 15) is 0 Å². The van der Waals surface area contributed by atoms with Crippen LogP contribution in [0.5, 0.6) is 0 Å². The Balaban J connectivity index is 1.87. The average molecular weight is 276 g/mol. The molecule has 0 radical (unpaired) electrons. The van der Waals surface area contributed by atoms with Gasteiger partial charge in [0, 0.05) is 19.6 Å². The first kappa shape index (κ1) is 15.1. The van der Waals surface area contributed by atoms with Crippen LogP contribution in [0.2, 0.25) is 0 Å². The monoisotopic (exact) mass is 276 g/mol. The Morgan fingerprint density at radius 3 is 2.55 bits per heavy atom. The highest BCUT2D eigenvalue weighted by Gasteiger charge is 2.13. The van der Waals surface area contributed by atoms with E-state index in [1.54, 1.807) is 0 Å². The number of nitrogens with one attached hydrogen (secondary N) is 1. The van der Waals surface area contributed by atoms with Crippen LogP contribution in [0.15, 0.2) is 18.3 Å². The molecule has 1 fully saturated rings. The van der Waals surface area contributed by atoms with Crippen LogP contribution in [0.1, 0.15) is 33.1 Å². The summed E-state index contributed by atoms with van der Waals surface area (Å²) in [5.41, 5.74) is 6.89. The molecule has 1 aliphatic rings. The number of nitrogens with zero attached hydrogens (tertiary/aromatic N) is 2. The molecule has 1 atom stereocenters. The highest BCUT2D eigenvalue weighted by atomic mass is 15.2.